The predicted octanol–water partition coefficient (Wildman–Crippen LogP) is 1.45. The Morgan fingerprint density at radius 3 is 2.90 bits per heavy atom. The second-order valence-corrected chi connectivity index (χ2v) is 4.92. The molecule has 7 heteroatoms. The lowest BCUT2D eigenvalue weighted by atomic mass is 10.2. The Kier molecular flexibility index (Phi) is 3.92. The highest BCUT2D eigenvalue weighted by molar-refractivity contribution is 5.44. The summed E-state index contributed by atoms with van der Waals surface area (Å²) in [7, 11) is 1.63. The van der Waals surface area contributed by atoms with E-state index in [0.717, 1.165) is 30.9 Å². The molecule has 1 aliphatic heterocycles. The van der Waals surface area contributed by atoms with Crippen LogP contribution in [-0.2, 0) is 4.74 Å². The van der Waals surface area contributed by atoms with Gasteiger partial charge in [-0.3, -0.25) is 0 Å². The van der Waals surface area contributed by atoms with Crippen molar-refractivity contribution in [2.24, 2.45) is 0 Å². The van der Waals surface area contributed by atoms with Gasteiger partial charge in [-0.05, 0) is 37.1 Å². The second-order valence-electron chi connectivity index (χ2n) is 4.92. The first-order chi connectivity index (χ1) is 10.3. The van der Waals surface area contributed by atoms with Crippen LogP contribution in [0.5, 0.6) is 5.75 Å². The normalized spacial score (nSPS) is 17.9. The molecule has 2 aromatic rings. The van der Waals surface area contributed by atoms with Gasteiger partial charge in [-0.1, -0.05) is 0 Å². The highest BCUT2D eigenvalue weighted by Gasteiger charge is 2.16. The third-order valence-corrected chi connectivity index (χ3v) is 3.46. The van der Waals surface area contributed by atoms with E-state index in [-0.39, 0.29) is 6.10 Å². The molecule has 1 saturated heterocycles. The summed E-state index contributed by atoms with van der Waals surface area (Å²) >= 11 is 0. The topological polar surface area (TPSA) is 87.2 Å². The highest BCUT2D eigenvalue weighted by atomic mass is 16.5. The first kappa shape index (κ1) is 13.7. The van der Waals surface area contributed by atoms with Gasteiger partial charge >= 0.3 is 0 Å². The average molecular weight is 289 g/mol. The third kappa shape index (κ3) is 3.08. The molecule has 0 radical (unpaired) electrons. The zero-order chi connectivity index (χ0) is 14.7. The fourth-order valence-electron chi connectivity index (χ4n) is 2.32. The minimum absolute atomic E-state index is 0.235. The van der Waals surface area contributed by atoms with Crippen LogP contribution in [0.2, 0.25) is 0 Å². The standard InChI is InChI=1S/C14H19N5O2/c1-20-11-6-4-10(5-7-11)19-13(15)17-14(18-19)16-9-12-3-2-8-21-12/h4-7,12H,2-3,8-9H2,1H3,(H3,15,16,17,18). The van der Waals surface area contributed by atoms with Crippen LogP contribution in [0.1, 0.15) is 12.8 Å². The number of anilines is 2. The van der Waals surface area contributed by atoms with Gasteiger partial charge in [0.2, 0.25) is 11.9 Å². The molecule has 1 atom stereocenters. The van der Waals surface area contributed by atoms with Gasteiger partial charge in [-0.25, -0.2) is 0 Å². The zero-order valence-electron chi connectivity index (χ0n) is 12.0. The van der Waals surface area contributed by atoms with Gasteiger partial charge in [0.15, 0.2) is 0 Å². The summed E-state index contributed by atoms with van der Waals surface area (Å²) < 4.78 is 12.3. The number of rotatable bonds is 5. The van der Waals surface area contributed by atoms with Gasteiger partial charge < -0.3 is 20.5 Å². The fourth-order valence-corrected chi connectivity index (χ4v) is 2.32. The molecule has 1 unspecified atom stereocenters. The molecule has 0 aliphatic carbocycles. The van der Waals surface area contributed by atoms with Crippen molar-refractivity contribution >= 4 is 11.9 Å². The lowest BCUT2D eigenvalue weighted by molar-refractivity contribution is 0.120. The average Bonchev–Trinajstić information content (AvgIpc) is 3.15. The molecular formula is C14H19N5O2. The first-order valence-electron chi connectivity index (χ1n) is 6.98. The van der Waals surface area contributed by atoms with Crippen LogP contribution in [0.15, 0.2) is 24.3 Å². The number of aromatic nitrogens is 3. The monoisotopic (exact) mass is 289 g/mol. The molecule has 1 fully saturated rings. The van der Waals surface area contributed by atoms with Crippen LogP contribution in [0, 0.1) is 0 Å². The van der Waals surface area contributed by atoms with E-state index in [0.29, 0.717) is 18.4 Å². The van der Waals surface area contributed by atoms with E-state index in [2.05, 4.69) is 15.4 Å². The molecule has 0 spiro atoms. The Hall–Kier alpha value is -2.28. The van der Waals surface area contributed by atoms with Crippen LogP contribution in [0.25, 0.3) is 5.69 Å². The van der Waals surface area contributed by atoms with Crippen molar-refractivity contribution in [1.82, 2.24) is 14.8 Å². The molecule has 0 bridgehead atoms. The summed E-state index contributed by atoms with van der Waals surface area (Å²) in [4.78, 5) is 4.22. The number of nitrogens with zero attached hydrogens (tertiary/aromatic N) is 3. The Bertz CT molecular complexity index is 590. The number of ether oxygens (including phenoxy) is 2. The number of hydrogen-bond donors (Lipinski definition) is 2. The zero-order valence-corrected chi connectivity index (χ0v) is 12.0. The van der Waals surface area contributed by atoms with Crippen LogP contribution >= 0.6 is 0 Å². The maximum absolute atomic E-state index is 5.91. The van der Waals surface area contributed by atoms with Crippen molar-refractivity contribution in [3.05, 3.63) is 24.3 Å². The minimum Gasteiger partial charge on any atom is -0.497 e. The molecule has 1 aromatic carbocycles. The van der Waals surface area contributed by atoms with Crippen molar-refractivity contribution < 1.29 is 9.47 Å². The molecule has 112 valence electrons. The van der Waals surface area contributed by atoms with Gasteiger partial charge in [-0.2, -0.15) is 9.67 Å². The number of nitrogen functional groups attached to an aromatic ring is 1. The van der Waals surface area contributed by atoms with Crippen molar-refractivity contribution in [2.75, 3.05) is 31.3 Å². The SMILES string of the molecule is COc1ccc(-n2nc(NCC3CCCO3)nc2N)cc1. The van der Waals surface area contributed by atoms with E-state index in [1.807, 2.05) is 24.3 Å². The predicted molar refractivity (Wildman–Crippen MR) is 79.8 cm³/mol. The van der Waals surface area contributed by atoms with Gasteiger partial charge in [0.1, 0.15) is 5.75 Å². The smallest absolute Gasteiger partial charge is 0.244 e. The van der Waals surface area contributed by atoms with Gasteiger partial charge in [0, 0.05) is 13.2 Å². The summed E-state index contributed by atoms with van der Waals surface area (Å²) in [5.74, 6) is 1.64. The summed E-state index contributed by atoms with van der Waals surface area (Å²) in [6.45, 7) is 1.54. The number of nitrogens with two attached hydrogens (primary N) is 1. The van der Waals surface area contributed by atoms with E-state index in [9.17, 15) is 0 Å². The molecule has 2 heterocycles. The second kappa shape index (κ2) is 6.01. The van der Waals surface area contributed by atoms with Crippen molar-refractivity contribution in [3.63, 3.8) is 0 Å². The maximum Gasteiger partial charge on any atom is 0.244 e. The summed E-state index contributed by atoms with van der Waals surface area (Å²) in [6.07, 6.45) is 2.42. The molecule has 0 amide bonds. The van der Waals surface area contributed by atoms with Crippen LogP contribution < -0.4 is 15.8 Å². The Balaban J connectivity index is 1.70. The molecule has 21 heavy (non-hydrogen) atoms. The summed E-state index contributed by atoms with van der Waals surface area (Å²) in [6, 6.07) is 7.48. The van der Waals surface area contributed by atoms with E-state index in [1.54, 1.807) is 11.8 Å². The van der Waals surface area contributed by atoms with Crippen molar-refractivity contribution in [2.45, 2.75) is 18.9 Å². The molecule has 3 rings (SSSR count). The summed E-state index contributed by atoms with van der Waals surface area (Å²) in [5.41, 5.74) is 6.75. The van der Waals surface area contributed by atoms with Crippen LogP contribution in [0.4, 0.5) is 11.9 Å². The lowest BCUT2D eigenvalue weighted by Crippen LogP contribution is -2.19. The van der Waals surface area contributed by atoms with E-state index in [1.165, 1.54) is 0 Å². The number of nitrogens with one attached hydrogen (secondary N) is 1. The summed E-state index contributed by atoms with van der Waals surface area (Å²) in [5, 5.41) is 7.54. The van der Waals surface area contributed by atoms with Gasteiger partial charge in [0.25, 0.3) is 0 Å². The Morgan fingerprint density at radius 2 is 2.24 bits per heavy atom. The third-order valence-electron chi connectivity index (χ3n) is 3.46. The van der Waals surface area contributed by atoms with Crippen LogP contribution in [0.3, 0.4) is 0 Å². The van der Waals surface area contributed by atoms with Crippen molar-refractivity contribution in [3.8, 4) is 11.4 Å². The fraction of sp³-hybridized carbons (Fsp3) is 0.429. The Labute approximate surface area is 123 Å². The minimum atomic E-state index is 0.235. The maximum atomic E-state index is 5.91. The van der Waals surface area contributed by atoms with Crippen molar-refractivity contribution in [1.29, 1.82) is 0 Å². The van der Waals surface area contributed by atoms with Gasteiger partial charge in [0.05, 0.1) is 18.9 Å². The largest absolute Gasteiger partial charge is 0.497 e. The molecule has 0 saturated carbocycles. The quantitative estimate of drug-likeness (QED) is 0.866. The first-order valence-corrected chi connectivity index (χ1v) is 6.98. The molecular weight excluding hydrogens is 270 g/mol. The molecule has 7 nitrogen and oxygen atoms in total. The highest BCUT2D eigenvalue weighted by Crippen LogP contribution is 2.18. The Morgan fingerprint density at radius 1 is 1.43 bits per heavy atom. The number of benzene rings is 1. The molecule has 1 aromatic heterocycles. The lowest BCUT2D eigenvalue weighted by Gasteiger charge is -2.08. The number of methoxy groups -OCH3 is 1. The van der Waals surface area contributed by atoms with E-state index >= 15 is 0 Å². The van der Waals surface area contributed by atoms with Crippen LogP contribution in [-0.4, -0.2) is 41.1 Å². The van der Waals surface area contributed by atoms with Gasteiger partial charge in [-0.15, -0.1) is 5.10 Å². The molecule has 3 N–H and O–H groups in total. The number of hydrogen-bond acceptors (Lipinski definition) is 6. The van der Waals surface area contributed by atoms with E-state index in [4.69, 9.17) is 15.2 Å². The van der Waals surface area contributed by atoms with E-state index < -0.39 is 0 Å². The molecule has 1 aliphatic rings.